The highest BCUT2D eigenvalue weighted by atomic mass is 32.2. The molecular weight excluding hydrogens is 570 g/mol. The third-order valence-corrected chi connectivity index (χ3v) is 9.28. The minimum absolute atomic E-state index is 0.191. The Morgan fingerprint density at radius 2 is 1.63 bits per heavy atom. The molecular formula is C27H45N5O7S2. The number of ether oxygens (including phenoxy) is 1. The molecule has 0 amide bonds. The van der Waals surface area contributed by atoms with Crippen molar-refractivity contribution in [2.45, 2.75) is 70.3 Å². The molecule has 12 nitrogen and oxygen atoms in total. The van der Waals surface area contributed by atoms with Crippen molar-refractivity contribution in [1.82, 2.24) is 19.5 Å². The molecule has 2 aliphatic rings. The number of morpholine rings is 1. The number of anilines is 1. The Hall–Kier alpha value is -2.39. The van der Waals surface area contributed by atoms with Gasteiger partial charge in [-0.1, -0.05) is 32.1 Å². The predicted molar refractivity (Wildman–Crippen MR) is 161 cm³/mol. The van der Waals surface area contributed by atoms with Crippen molar-refractivity contribution in [3.63, 3.8) is 0 Å². The first kappa shape index (κ1) is 34.8. The van der Waals surface area contributed by atoms with Crippen LogP contribution in [0.3, 0.4) is 0 Å². The van der Waals surface area contributed by atoms with E-state index in [4.69, 9.17) is 36.8 Å². The summed E-state index contributed by atoms with van der Waals surface area (Å²) in [6, 6.07) is 3.93. The summed E-state index contributed by atoms with van der Waals surface area (Å²) in [6.07, 6.45) is 13.5. The van der Waals surface area contributed by atoms with Gasteiger partial charge in [0.2, 0.25) is 10.0 Å². The second-order valence-electron chi connectivity index (χ2n) is 10.2. The molecule has 232 valence electrons. The molecule has 2 heterocycles. The fraction of sp³-hybridized carbons (Fsp3) is 0.704. The van der Waals surface area contributed by atoms with Crippen molar-refractivity contribution in [2.75, 3.05) is 57.0 Å². The lowest BCUT2D eigenvalue weighted by atomic mass is 9.95. The van der Waals surface area contributed by atoms with Gasteiger partial charge < -0.3 is 25.6 Å². The van der Waals surface area contributed by atoms with Gasteiger partial charge in [0.15, 0.2) is 5.11 Å². The summed E-state index contributed by atoms with van der Waals surface area (Å²) in [4.78, 5) is 24.6. The maximum atomic E-state index is 13.3. The second kappa shape index (κ2) is 19.7. The first-order valence-corrected chi connectivity index (χ1v) is 16.4. The molecule has 1 saturated heterocycles. The van der Waals surface area contributed by atoms with Crippen LogP contribution >= 0.6 is 12.2 Å². The van der Waals surface area contributed by atoms with E-state index < -0.39 is 22.0 Å². The molecule has 14 heteroatoms. The number of pyridine rings is 1. The molecule has 0 unspecified atom stereocenters. The number of thiocarbonyl (C=S) groups is 1. The van der Waals surface area contributed by atoms with Crippen LogP contribution in [0.1, 0.15) is 64.2 Å². The fourth-order valence-electron chi connectivity index (χ4n) is 4.89. The molecule has 0 atom stereocenters. The van der Waals surface area contributed by atoms with Crippen LogP contribution in [0, 0.1) is 0 Å². The lowest BCUT2D eigenvalue weighted by Gasteiger charge is -2.34. The number of aliphatic carboxylic acids is 2. The standard InChI is InChI=1S/C25H43N5O3S2.C2H2O4/c31-35(32,22-7-2-1-6-13-27-25(34)28-23-11-14-26-15-12-23)30(24-9-4-3-5-10-24)17-8-16-29-18-20-33-21-19-29;3-1(4)2(5)6/h11-12,14-15,24H,1-10,13,16-22H2,(H2,26,27,28,34);(H,3,4)(H,5,6). The van der Waals surface area contributed by atoms with Gasteiger partial charge in [-0.05, 0) is 63.0 Å². The van der Waals surface area contributed by atoms with Crippen molar-refractivity contribution in [1.29, 1.82) is 0 Å². The summed E-state index contributed by atoms with van der Waals surface area (Å²) in [6.45, 7) is 5.86. The van der Waals surface area contributed by atoms with E-state index in [1.807, 2.05) is 16.4 Å². The Labute approximate surface area is 248 Å². The first-order valence-electron chi connectivity index (χ1n) is 14.4. The largest absolute Gasteiger partial charge is 0.473 e. The number of nitrogens with one attached hydrogen (secondary N) is 2. The van der Waals surface area contributed by atoms with Crippen molar-refractivity contribution in [2.24, 2.45) is 0 Å². The van der Waals surface area contributed by atoms with E-state index in [1.165, 1.54) is 6.42 Å². The van der Waals surface area contributed by atoms with Crippen LogP contribution in [-0.2, 0) is 24.3 Å². The maximum absolute atomic E-state index is 13.3. The van der Waals surface area contributed by atoms with Crippen molar-refractivity contribution < 1.29 is 33.0 Å². The molecule has 1 aromatic heterocycles. The van der Waals surface area contributed by atoms with Gasteiger partial charge in [0.1, 0.15) is 0 Å². The van der Waals surface area contributed by atoms with Gasteiger partial charge in [0, 0.05) is 50.3 Å². The summed E-state index contributed by atoms with van der Waals surface area (Å²) < 4.78 is 33.9. The van der Waals surface area contributed by atoms with Crippen LogP contribution in [-0.4, -0.2) is 108 Å². The molecule has 4 N–H and O–H groups in total. The quantitative estimate of drug-likeness (QED) is 0.138. The highest BCUT2D eigenvalue weighted by Gasteiger charge is 2.30. The Bertz CT molecular complexity index is 1010. The molecule has 1 aromatic rings. The number of sulfonamides is 1. The van der Waals surface area contributed by atoms with Crippen LogP contribution in [0.2, 0.25) is 0 Å². The van der Waals surface area contributed by atoms with Crippen molar-refractivity contribution in [3.05, 3.63) is 24.5 Å². The van der Waals surface area contributed by atoms with E-state index in [1.54, 1.807) is 12.4 Å². The molecule has 0 spiro atoms. The van der Waals surface area contributed by atoms with E-state index in [0.717, 1.165) is 96.4 Å². The second-order valence-corrected chi connectivity index (χ2v) is 12.6. The minimum Gasteiger partial charge on any atom is -0.473 e. The van der Waals surface area contributed by atoms with E-state index in [2.05, 4.69) is 20.5 Å². The summed E-state index contributed by atoms with van der Waals surface area (Å²) in [5, 5.41) is 21.7. The van der Waals surface area contributed by atoms with Gasteiger partial charge in [0.25, 0.3) is 0 Å². The van der Waals surface area contributed by atoms with Crippen LogP contribution in [0.4, 0.5) is 5.69 Å². The van der Waals surface area contributed by atoms with E-state index in [9.17, 15) is 8.42 Å². The average molecular weight is 616 g/mol. The van der Waals surface area contributed by atoms with Gasteiger partial charge in [-0.25, -0.2) is 18.0 Å². The maximum Gasteiger partial charge on any atom is 0.414 e. The van der Waals surface area contributed by atoms with Crippen LogP contribution < -0.4 is 10.6 Å². The van der Waals surface area contributed by atoms with Crippen molar-refractivity contribution in [3.8, 4) is 0 Å². The van der Waals surface area contributed by atoms with E-state index >= 15 is 0 Å². The van der Waals surface area contributed by atoms with Crippen molar-refractivity contribution >= 4 is 45.0 Å². The molecule has 0 bridgehead atoms. The van der Waals surface area contributed by atoms with Gasteiger partial charge in [0.05, 0.1) is 19.0 Å². The number of aromatic nitrogens is 1. The number of hydrogen-bond acceptors (Lipinski definition) is 8. The van der Waals surface area contributed by atoms with Gasteiger partial charge in [-0.3, -0.25) is 9.88 Å². The zero-order valence-corrected chi connectivity index (χ0v) is 25.3. The summed E-state index contributed by atoms with van der Waals surface area (Å²) in [5.41, 5.74) is 0.912. The van der Waals surface area contributed by atoms with Gasteiger partial charge >= 0.3 is 11.9 Å². The average Bonchev–Trinajstić information content (AvgIpc) is 2.96. The van der Waals surface area contributed by atoms with E-state index in [0.29, 0.717) is 18.1 Å². The molecule has 3 rings (SSSR count). The molecule has 1 aliphatic carbocycles. The zero-order chi connectivity index (χ0) is 29.9. The fourth-order valence-corrected chi connectivity index (χ4v) is 6.98. The Kier molecular flexibility index (Phi) is 16.7. The zero-order valence-electron chi connectivity index (χ0n) is 23.7. The number of carbonyl (C=O) groups is 2. The normalized spacial score (nSPS) is 16.4. The SMILES string of the molecule is O=C(O)C(=O)O.O=S(=O)(CCCCCCNC(=S)Nc1ccncc1)N(CCCN1CCOCC1)C1CCCCC1. The number of unbranched alkanes of at least 4 members (excludes halogenated alkanes) is 3. The highest BCUT2D eigenvalue weighted by Crippen LogP contribution is 2.26. The first-order chi connectivity index (χ1) is 19.7. The number of carboxylic acids is 2. The minimum atomic E-state index is -3.23. The lowest BCUT2D eigenvalue weighted by Crippen LogP contribution is -2.44. The van der Waals surface area contributed by atoms with Gasteiger partial charge in [-0.2, -0.15) is 4.31 Å². The molecule has 2 fully saturated rings. The van der Waals surface area contributed by atoms with Crippen LogP contribution in [0.15, 0.2) is 24.5 Å². The highest BCUT2D eigenvalue weighted by molar-refractivity contribution is 7.89. The molecule has 0 aromatic carbocycles. The number of carboxylic acid groups (broad SMARTS) is 2. The Morgan fingerprint density at radius 3 is 2.27 bits per heavy atom. The lowest BCUT2D eigenvalue weighted by molar-refractivity contribution is -0.159. The van der Waals surface area contributed by atoms with Crippen LogP contribution in [0.25, 0.3) is 0 Å². The number of hydrogen-bond donors (Lipinski definition) is 4. The Balaban J connectivity index is 0.000000883. The predicted octanol–water partition coefficient (Wildman–Crippen LogP) is 2.77. The third kappa shape index (κ3) is 14.9. The number of nitrogens with zero attached hydrogens (tertiary/aromatic N) is 3. The van der Waals surface area contributed by atoms with Crippen LogP contribution in [0.5, 0.6) is 0 Å². The molecule has 0 radical (unpaired) electrons. The number of rotatable bonds is 14. The Morgan fingerprint density at radius 1 is 1.00 bits per heavy atom. The summed E-state index contributed by atoms with van der Waals surface area (Å²) in [5.74, 6) is -3.39. The molecule has 1 aliphatic heterocycles. The topological polar surface area (TPSA) is 161 Å². The molecule has 41 heavy (non-hydrogen) atoms. The van der Waals surface area contributed by atoms with Gasteiger partial charge in [-0.15, -0.1) is 0 Å². The van der Waals surface area contributed by atoms with E-state index in [-0.39, 0.29) is 11.8 Å². The third-order valence-electron chi connectivity index (χ3n) is 7.03. The monoisotopic (exact) mass is 615 g/mol. The smallest absolute Gasteiger partial charge is 0.414 e. The summed E-state index contributed by atoms with van der Waals surface area (Å²) in [7, 11) is -3.23. The summed E-state index contributed by atoms with van der Waals surface area (Å²) >= 11 is 5.32. The molecule has 1 saturated carbocycles.